The molecule has 0 bridgehead atoms. The first-order valence-corrected chi connectivity index (χ1v) is 5.81. The second kappa shape index (κ2) is 8.27. The maximum Gasteiger partial charge on any atom is 0.324 e. The first-order chi connectivity index (χ1) is 8.38. The van der Waals surface area contributed by atoms with Crippen LogP contribution >= 0.6 is 0 Å². The summed E-state index contributed by atoms with van der Waals surface area (Å²) in [5.41, 5.74) is 0. The van der Waals surface area contributed by atoms with E-state index < -0.39 is 17.9 Å². The first kappa shape index (κ1) is 16.1. The van der Waals surface area contributed by atoms with Crippen molar-refractivity contribution in [2.24, 2.45) is 0 Å². The van der Waals surface area contributed by atoms with E-state index in [1.165, 1.54) is 4.90 Å². The van der Waals surface area contributed by atoms with Crippen LogP contribution in [-0.4, -0.2) is 40.5 Å². The van der Waals surface area contributed by atoms with Gasteiger partial charge in [-0.3, -0.25) is 14.9 Å². The molecule has 6 nitrogen and oxygen atoms in total. The number of carboxylic acids is 1. The second-order valence-corrected chi connectivity index (χ2v) is 4.14. The third kappa shape index (κ3) is 6.67. The highest BCUT2D eigenvalue weighted by atomic mass is 16.4. The zero-order valence-corrected chi connectivity index (χ0v) is 10.8. The molecule has 102 valence electrons. The summed E-state index contributed by atoms with van der Waals surface area (Å²) in [6, 6.07) is -0.528. The minimum atomic E-state index is -0.954. The van der Waals surface area contributed by atoms with Gasteiger partial charge in [0.1, 0.15) is 0 Å². The van der Waals surface area contributed by atoms with Gasteiger partial charge >= 0.3 is 12.0 Å². The first-order valence-electron chi connectivity index (χ1n) is 5.81. The van der Waals surface area contributed by atoms with Gasteiger partial charge in [-0.25, -0.2) is 4.79 Å². The highest BCUT2D eigenvalue weighted by Gasteiger charge is 2.17. The van der Waals surface area contributed by atoms with Gasteiger partial charge in [0.15, 0.2) is 0 Å². The van der Waals surface area contributed by atoms with Crippen LogP contribution in [0.1, 0.15) is 33.1 Å². The van der Waals surface area contributed by atoms with Crippen LogP contribution in [-0.2, 0) is 9.59 Å². The third-order valence-electron chi connectivity index (χ3n) is 2.25. The Hall–Kier alpha value is -1.85. The molecule has 6 heteroatoms. The maximum absolute atomic E-state index is 11.7. The van der Waals surface area contributed by atoms with E-state index in [2.05, 4.69) is 11.9 Å². The van der Waals surface area contributed by atoms with Gasteiger partial charge in [-0.05, 0) is 20.3 Å². The van der Waals surface area contributed by atoms with Crippen molar-refractivity contribution in [3.63, 3.8) is 0 Å². The summed E-state index contributed by atoms with van der Waals surface area (Å²) in [5.74, 6) is -1.42. The normalized spacial score (nSPS) is 9.94. The number of hydrogen-bond acceptors (Lipinski definition) is 3. The van der Waals surface area contributed by atoms with Crippen molar-refractivity contribution in [2.45, 2.75) is 39.2 Å². The van der Waals surface area contributed by atoms with Crippen molar-refractivity contribution in [2.75, 3.05) is 6.54 Å². The van der Waals surface area contributed by atoms with Crippen LogP contribution in [0.3, 0.4) is 0 Å². The SMILES string of the molecule is C=CCN(C(=O)NC(=O)CCCC(=O)O)C(C)C. The van der Waals surface area contributed by atoms with Crippen molar-refractivity contribution in [1.29, 1.82) is 0 Å². The van der Waals surface area contributed by atoms with Crippen molar-refractivity contribution in [1.82, 2.24) is 10.2 Å². The average molecular weight is 256 g/mol. The van der Waals surface area contributed by atoms with Crippen LogP contribution in [0.5, 0.6) is 0 Å². The van der Waals surface area contributed by atoms with E-state index in [1.54, 1.807) is 6.08 Å². The number of rotatable bonds is 7. The molecule has 0 aromatic rings. The van der Waals surface area contributed by atoms with Crippen molar-refractivity contribution < 1.29 is 19.5 Å². The number of aliphatic carboxylic acids is 1. The molecule has 3 amide bonds. The van der Waals surface area contributed by atoms with Gasteiger partial charge in [-0.1, -0.05) is 6.08 Å². The molecule has 0 aromatic heterocycles. The Labute approximate surface area is 107 Å². The molecule has 0 rings (SSSR count). The van der Waals surface area contributed by atoms with Crippen molar-refractivity contribution in [3.05, 3.63) is 12.7 Å². The molecule has 18 heavy (non-hydrogen) atoms. The van der Waals surface area contributed by atoms with Gasteiger partial charge < -0.3 is 10.0 Å². The molecule has 0 aromatic carbocycles. The van der Waals surface area contributed by atoms with E-state index in [9.17, 15) is 14.4 Å². The van der Waals surface area contributed by atoms with Gasteiger partial charge in [0.05, 0.1) is 0 Å². The largest absolute Gasteiger partial charge is 0.481 e. The quantitative estimate of drug-likeness (QED) is 0.673. The van der Waals surface area contributed by atoms with Gasteiger partial charge in [0.2, 0.25) is 5.91 Å². The maximum atomic E-state index is 11.7. The minimum absolute atomic E-state index is 0.0259. The predicted molar refractivity (Wildman–Crippen MR) is 67.1 cm³/mol. The molecule has 0 aliphatic carbocycles. The summed E-state index contributed by atoms with van der Waals surface area (Å²) < 4.78 is 0. The highest BCUT2D eigenvalue weighted by Crippen LogP contribution is 2.00. The number of carbonyl (C=O) groups excluding carboxylic acids is 2. The number of urea groups is 1. The van der Waals surface area contributed by atoms with Gasteiger partial charge in [0, 0.05) is 25.4 Å². The lowest BCUT2D eigenvalue weighted by atomic mass is 10.2. The van der Waals surface area contributed by atoms with Crippen LogP contribution in [0, 0.1) is 0 Å². The second-order valence-electron chi connectivity index (χ2n) is 4.14. The smallest absolute Gasteiger partial charge is 0.324 e. The molecule has 0 saturated carbocycles. The fourth-order valence-electron chi connectivity index (χ4n) is 1.32. The summed E-state index contributed by atoms with van der Waals surface area (Å²) in [6.07, 6.45) is 1.74. The monoisotopic (exact) mass is 256 g/mol. The Kier molecular flexibility index (Phi) is 7.42. The number of nitrogens with zero attached hydrogens (tertiary/aromatic N) is 1. The van der Waals surface area contributed by atoms with E-state index in [1.807, 2.05) is 13.8 Å². The molecule has 2 N–H and O–H groups in total. The van der Waals surface area contributed by atoms with Crippen LogP contribution in [0.4, 0.5) is 4.79 Å². The highest BCUT2D eigenvalue weighted by molar-refractivity contribution is 5.94. The fourth-order valence-corrected chi connectivity index (χ4v) is 1.32. The Morgan fingerprint density at radius 3 is 2.39 bits per heavy atom. The molecule has 0 atom stereocenters. The molecular formula is C12H20N2O4. The van der Waals surface area contributed by atoms with Crippen LogP contribution in [0.2, 0.25) is 0 Å². The Morgan fingerprint density at radius 2 is 1.94 bits per heavy atom. The lowest BCUT2D eigenvalue weighted by Crippen LogP contribution is -2.46. The zero-order valence-electron chi connectivity index (χ0n) is 10.8. The van der Waals surface area contributed by atoms with Gasteiger partial charge in [-0.2, -0.15) is 0 Å². The molecule has 0 aliphatic rings. The molecule has 0 saturated heterocycles. The van der Waals surface area contributed by atoms with Crippen LogP contribution in [0.15, 0.2) is 12.7 Å². The van der Waals surface area contributed by atoms with Crippen LogP contribution in [0.25, 0.3) is 0 Å². The van der Waals surface area contributed by atoms with Gasteiger partial charge in [-0.15, -0.1) is 6.58 Å². The summed E-state index contributed by atoms with van der Waals surface area (Å²) in [5, 5.41) is 10.6. The standard InChI is InChI=1S/C12H20N2O4/c1-4-8-14(9(2)3)12(18)13-10(15)6-5-7-11(16)17/h4,9H,1,5-8H2,2-3H3,(H,16,17)(H,13,15,18). The Balaban J connectivity index is 4.15. The topological polar surface area (TPSA) is 86.7 Å². The van der Waals surface area contributed by atoms with E-state index in [4.69, 9.17) is 5.11 Å². The van der Waals surface area contributed by atoms with E-state index in [0.717, 1.165) is 0 Å². The molecule has 0 heterocycles. The molecule has 0 unspecified atom stereocenters. The summed E-state index contributed by atoms with van der Waals surface area (Å²) >= 11 is 0. The number of hydrogen-bond donors (Lipinski definition) is 2. The van der Waals surface area contributed by atoms with Crippen molar-refractivity contribution >= 4 is 17.9 Å². The fraction of sp³-hybridized carbons (Fsp3) is 0.583. The number of nitrogens with one attached hydrogen (secondary N) is 1. The molecular weight excluding hydrogens is 236 g/mol. The lowest BCUT2D eigenvalue weighted by molar-refractivity contribution is -0.137. The number of imide groups is 1. The summed E-state index contributed by atoms with van der Waals surface area (Å²) in [4.78, 5) is 34.8. The van der Waals surface area contributed by atoms with Crippen LogP contribution < -0.4 is 5.32 Å². The van der Waals surface area contributed by atoms with E-state index in [0.29, 0.717) is 6.54 Å². The molecule has 0 aliphatic heterocycles. The number of amides is 3. The number of carbonyl (C=O) groups is 3. The van der Waals surface area contributed by atoms with Gasteiger partial charge in [0.25, 0.3) is 0 Å². The summed E-state index contributed by atoms with van der Waals surface area (Å²) in [6.45, 7) is 7.56. The molecule has 0 spiro atoms. The average Bonchev–Trinajstić information content (AvgIpc) is 2.24. The molecule has 0 radical (unpaired) electrons. The van der Waals surface area contributed by atoms with Crippen molar-refractivity contribution in [3.8, 4) is 0 Å². The zero-order chi connectivity index (χ0) is 14.1. The third-order valence-corrected chi connectivity index (χ3v) is 2.25. The lowest BCUT2D eigenvalue weighted by Gasteiger charge is -2.25. The predicted octanol–water partition coefficient (Wildman–Crippen LogP) is 1.37. The summed E-state index contributed by atoms with van der Waals surface area (Å²) in [7, 11) is 0. The minimum Gasteiger partial charge on any atom is -0.481 e. The molecule has 0 fully saturated rings. The van der Waals surface area contributed by atoms with E-state index >= 15 is 0 Å². The Bertz CT molecular complexity index is 326. The van der Waals surface area contributed by atoms with E-state index in [-0.39, 0.29) is 25.3 Å². The number of carboxylic acid groups (broad SMARTS) is 1. The Morgan fingerprint density at radius 1 is 1.33 bits per heavy atom.